The number of carbonyl (C=O) groups excluding carboxylic acids is 1. The van der Waals surface area contributed by atoms with E-state index in [1.54, 1.807) is 25.1 Å². The van der Waals surface area contributed by atoms with Crippen LogP contribution in [0.15, 0.2) is 24.4 Å². The summed E-state index contributed by atoms with van der Waals surface area (Å²) < 4.78 is 73.6. The van der Waals surface area contributed by atoms with Crippen LogP contribution in [0.4, 0.5) is 30.6 Å². The summed E-state index contributed by atoms with van der Waals surface area (Å²) in [5.74, 6) is -0.539. The van der Waals surface area contributed by atoms with Crippen molar-refractivity contribution in [2.45, 2.75) is 69.8 Å². The zero-order chi connectivity index (χ0) is 31.4. The summed E-state index contributed by atoms with van der Waals surface area (Å²) in [6.07, 6.45) is 1.44. The molecule has 1 saturated carbocycles. The Morgan fingerprint density at radius 3 is 2.58 bits per heavy atom. The van der Waals surface area contributed by atoms with Crippen molar-refractivity contribution in [1.82, 2.24) is 24.5 Å². The second-order valence-electron chi connectivity index (χ2n) is 11.1. The molecule has 1 aromatic heterocycles. The minimum Gasteiger partial charge on any atom is -0.495 e. The third-order valence-corrected chi connectivity index (χ3v) is 9.30. The number of ether oxygens (including phenoxy) is 1. The number of sulfonamides is 1. The van der Waals surface area contributed by atoms with Gasteiger partial charge in [-0.3, -0.25) is 4.79 Å². The maximum absolute atomic E-state index is 14.0. The van der Waals surface area contributed by atoms with E-state index in [1.165, 1.54) is 11.4 Å². The maximum Gasteiger partial charge on any atom is 0.421 e. The van der Waals surface area contributed by atoms with Gasteiger partial charge in [0, 0.05) is 43.0 Å². The first-order valence-electron chi connectivity index (χ1n) is 14.4. The number of hydrogen-bond donors (Lipinski definition) is 3. The highest BCUT2D eigenvalue weighted by Crippen LogP contribution is 2.37. The zero-order valence-corrected chi connectivity index (χ0v) is 25.7. The van der Waals surface area contributed by atoms with Crippen molar-refractivity contribution < 1.29 is 31.1 Å². The van der Waals surface area contributed by atoms with Gasteiger partial charge in [-0.05, 0) is 57.5 Å². The molecule has 1 amide bonds. The van der Waals surface area contributed by atoms with Crippen molar-refractivity contribution in [3.05, 3.63) is 35.5 Å². The Kier molecular flexibility index (Phi) is 10.4. The van der Waals surface area contributed by atoms with Crippen LogP contribution in [0.3, 0.4) is 0 Å². The number of halogens is 3. The number of hydrogen-bond acceptors (Lipinski definition) is 9. The SMILES string of the molecule is CCN([C@@H]1CCCC[C@H]1Nc1nc(Nc2ccc(C(=O)NC3CCCN(C)C3)cc2OC)ncc1C(F)(F)F)S(C)(=O)=O. The lowest BCUT2D eigenvalue weighted by Gasteiger charge is -2.39. The monoisotopic (exact) mass is 627 g/mol. The Hall–Kier alpha value is -3.17. The van der Waals surface area contributed by atoms with E-state index in [9.17, 15) is 26.4 Å². The van der Waals surface area contributed by atoms with E-state index in [0.717, 1.165) is 45.0 Å². The van der Waals surface area contributed by atoms with Crippen molar-refractivity contribution >= 4 is 33.4 Å². The molecule has 1 unspecified atom stereocenters. The number of aromatic nitrogens is 2. The van der Waals surface area contributed by atoms with Gasteiger partial charge in [-0.25, -0.2) is 13.4 Å². The Morgan fingerprint density at radius 2 is 1.93 bits per heavy atom. The lowest BCUT2D eigenvalue weighted by Crippen LogP contribution is -2.51. The van der Waals surface area contributed by atoms with Gasteiger partial charge in [-0.2, -0.15) is 22.5 Å². The molecule has 2 heterocycles. The number of alkyl halides is 3. The van der Waals surface area contributed by atoms with E-state index < -0.39 is 39.7 Å². The molecule has 0 spiro atoms. The van der Waals surface area contributed by atoms with E-state index in [-0.39, 0.29) is 30.2 Å². The predicted molar refractivity (Wildman–Crippen MR) is 158 cm³/mol. The number of benzene rings is 1. The number of methoxy groups -OCH3 is 1. The van der Waals surface area contributed by atoms with Gasteiger partial charge in [0.15, 0.2) is 0 Å². The molecule has 3 N–H and O–H groups in total. The van der Waals surface area contributed by atoms with Gasteiger partial charge < -0.3 is 25.6 Å². The molecule has 15 heteroatoms. The first-order valence-corrected chi connectivity index (χ1v) is 16.3. The summed E-state index contributed by atoms with van der Waals surface area (Å²) in [6, 6.07) is 3.65. The summed E-state index contributed by atoms with van der Waals surface area (Å²) in [5.41, 5.74) is -0.329. The van der Waals surface area contributed by atoms with Crippen molar-refractivity contribution in [1.29, 1.82) is 0 Å². The number of likely N-dealkylation sites (tertiary alicyclic amines) is 1. The van der Waals surface area contributed by atoms with Gasteiger partial charge in [-0.1, -0.05) is 19.8 Å². The minimum atomic E-state index is -4.74. The molecule has 3 atom stereocenters. The second kappa shape index (κ2) is 13.6. The highest BCUT2D eigenvalue weighted by atomic mass is 32.2. The van der Waals surface area contributed by atoms with Crippen molar-refractivity contribution in [2.75, 3.05) is 50.7 Å². The van der Waals surface area contributed by atoms with Gasteiger partial charge in [0.05, 0.1) is 19.1 Å². The Labute approximate surface area is 250 Å². The number of anilines is 3. The second-order valence-corrected chi connectivity index (χ2v) is 13.1. The number of likely N-dealkylation sites (N-methyl/N-ethyl adjacent to an activating group) is 2. The summed E-state index contributed by atoms with van der Waals surface area (Å²) in [7, 11) is -0.145. The van der Waals surface area contributed by atoms with Crippen LogP contribution in [-0.2, 0) is 16.2 Å². The molecule has 0 radical (unpaired) electrons. The Morgan fingerprint density at radius 1 is 1.19 bits per heavy atom. The fourth-order valence-electron chi connectivity index (χ4n) is 5.88. The van der Waals surface area contributed by atoms with Crippen LogP contribution in [0.1, 0.15) is 61.4 Å². The highest BCUT2D eigenvalue weighted by molar-refractivity contribution is 7.88. The van der Waals surface area contributed by atoms with E-state index in [2.05, 4.69) is 30.8 Å². The third-order valence-electron chi connectivity index (χ3n) is 7.92. The van der Waals surface area contributed by atoms with Crippen LogP contribution < -0.4 is 20.7 Å². The molecular formula is C28H40F3N7O4S. The Balaban J connectivity index is 1.57. The minimum absolute atomic E-state index is 0.0344. The van der Waals surface area contributed by atoms with Crippen LogP contribution in [0, 0.1) is 0 Å². The van der Waals surface area contributed by atoms with Crippen LogP contribution in [0.2, 0.25) is 0 Å². The summed E-state index contributed by atoms with van der Waals surface area (Å²) in [6.45, 7) is 3.66. The summed E-state index contributed by atoms with van der Waals surface area (Å²) in [4.78, 5) is 23.1. The summed E-state index contributed by atoms with van der Waals surface area (Å²) in [5, 5.41) is 8.85. The van der Waals surface area contributed by atoms with Gasteiger partial charge in [0.1, 0.15) is 17.1 Å². The number of rotatable bonds is 10. The average Bonchev–Trinajstić information content (AvgIpc) is 2.93. The predicted octanol–water partition coefficient (Wildman–Crippen LogP) is 4.08. The molecule has 1 aliphatic heterocycles. The van der Waals surface area contributed by atoms with E-state index in [4.69, 9.17) is 4.74 Å². The summed E-state index contributed by atoms with van der Waals surface area (Å²) >= 11 is 0. The van der Waals surface area contributed by atoms with Gasteiger partial charge >= 0.3 is 6.18 Å². The molecule has 4 rings (SSSR count). The van der Waals surface area contributed by atoms with Crippen LogP contribution in [-0.4, -0.2) is 91.7 Å². The fourth-order valence-corrected chi connectivity index (χ4v) is 7.10. The average molecular weight is 628 g/mol. The van der Waals surface area contributed by atoms with E-state index in [0.29, 0.717) is 30.3 Å². The first-order chi connectivity index (χ1) is 20.3. The number of nitrogens with one attached hydrogen (secondary N) is 3. The molecule has 11 nitrogen and oxygen atoms in total. The molecular weight excluding hydrogens is 587 g/mol. The molecule has 2 aliphatic rings. The third kappa shape index (κ3) is 8.26. The molecule has 43 heavy (non-hydrogen) atoms. The number of piperidine rings is 1. The quantitative estimate of drug-likeness (QED) is 0.357. The first kappa shape index (κ1) is 32.7. The van der Waals surface area contributed by atoms with Crippen molar-refractivity contribution in [3.63, 3.8) is 0 Å². The Bertz CT molecular complexity index is 1390. The molecule has 2 aromatic rings. The lowest BCUT2D eigenvalue weighted by atomic mass is 9.90. The van der Waals surface area contributed by atoms with Gasteiger partial charge in [0.2, 0.25) is 16.0 Å². The zero-order valence-electron chi connectivity index (χ0n) is 24.9. The van der Waals surface area contributed by atoms with Gasteiger partial charge in [0.25, 0.3) is 5.91 Å². The van der Waals surface area contributed by atoms with Crippen LogP contribution >= 0.6 is 0 Å². The molecule has 2 fully saturated rings. The lowest BCUT2D eigenvalue weighted by molar-refractivity contribution is -0.137. The van der Waals surface area contributed by atoms with Gasteiger partial charge in [-0.15, -0.1) is 0 Å². The largest absolute Gasteiger partial charge is 0.495 e. The maximum atomic E-state index is 14.0. The van der Waals surface area contributed by atoms with Crippen LogP contribution in [0.25, 0.3) is 0 Å². The standard InChI is InChI=1S/C28H40F3N7O4S/c1-5-38(43(4,40)41)23-11-7-6-10-21(23)34-25-20(28(29,30)31)16-32-27(36-25)35-22-13-12-18(15-24(22)42-3)26(39)33-19-9-8-14-37(2)17-19/h12-13,15-16,19,21,23H,5-11,14,17H2,1-4H3,(H,33,39)(H2,32,34,35,36)/t19?,21-,23-/m1/s1. The molecule has 238 valence electrons. The number of nitrogens with zero attached hydrogens (tertiary/aromatic N) is 4. The topological polar surface area (TPSA) is 129 Å². The van der Waals surface area contributed by atoms with E-state index in [1.807, 2.05) is 7.05 Å². The molecule has 1 saturated heterocycles. The molecule has 1 aromatic carbocycles. The highest BCUT2D eigenvalue weighted by Gasteiger charge is 2.39. The van der Waals surface area contributed by atoms with Crippen molar-refractivity contribution in [3.8, 4) is 5.75 Å². The van der Waals surface area contributed by atoms with E-state index >= 15 is 0 Å². The smallest absolute Gasteiger partial charge is 0.421 e. The number of amides is 1. The normalized spacial score (nSPS) is 21.8. The molecule has 0 bridgehead atoms. The van der Waals surface area contributed by atoms with Crippen LogP contribution in [0.5, 0.6) is 5.75 Å². The fraction of sp³-hybridized carbons (Fsp3) is 0.607. The van der Waals surface area contributed by atoms with Crippen molar-refractivity contribution in [2.24, 2.45) is 0 Å². The molecule has 1 aliphatic carbocycles. The number of carbonyl (C=O) groups is 1.